The summed E-state index contributed by atoms with van der Waals surface area (Å²) in [5, 5.41) is 0. The molecular formula is C24H29NO4. The normalized spacial score (nSPS) is 10.8. The van der Waals surface area contributed by atoms with Crippen LogP contribution in [0.5, 0.6) is 11.5 Å². The lowest BCUT2D eigenvalue weighted by molar-refractivity contribution is 0.0827. The number of benzene rings is 2. The van der Waals surface area contributed by atoms with E-state index < -0.39 is 0 Å². The predicted molar refractivity (Wildman–Crippen MR) is 116 cm³/mol. The molecule has 0 bridgehead atoms. The third-order valence-corrected chi connectivity index (χ3v) is 4.16. The van der Waals surface area contributed by atoms with Crippen molar-refractivity contribution >= 4 is 17.8 Å². The molecule has 0 heterocycles. The van der Waals surface area contributed by atoms with Crippen LogP contribution < -0.4 is 9.47 Å². The highest BCUT2D eigenvalue weighted by atomic mass is 16.5. The Morgan fingerprint density at radius 2 is 1.52 bits per heavy atom. The Kier molecular flexibility index (Phi) is 8.46. The molecule has 0 aliphatic rings. The molecule has 0 N–H and O–H groups in total. The van der Waals surface area contributed by atoms with Gasteiger partial charge in [-0.2, -0.15) is 0 Å². The van der Waals surface area contributed by atoms with Crippen LogP contribution >= 0.6 is 0 Å². The summed E-state index contributed by atoms with van der Waals surface area (Å²) in [4.78, 5) is 26.0. The fourth-order valence-electron chi connectivity index (χ4n) is 2.60. The van der Waals surface area contributed by atoms with Gasteiger partial charge in [-0.15, -0.1) is 0 Å². The summed E-state index contributed by atoms with van der Waals surface area (Å²) in [6.45, 7) is 5.34. The highest BCUT2D eigenvalue weighted by Crippen LogP contribution is 2.27. The Bertz CT molecular complexity index is 854. The summed E-state index contributed by atoms with van der Waals surface area (Å²) in [7, 11) is 3.39. The zero-order valence-corrected chi connectivity index (χ0v) is 17.6. The minimum atomic E-state index is -0.137. The van der Waals surface area contributed by atoms with Crippen molar-refractivity contribution in [3.63, 3.8) is 0 Å². The highest BCUT2D eigenvalue weighted by Gasteiger charge is 2.10. The number of allylic oxidation sites excluding steroid dienone is 1. The number of nitrogens with zero attached hydrogens (tertiary/aromatic N) is 1. The van der Waals surface area contributed by atoms with Crippen molar-refractivity contribution in [3.8, 4) is 11.5 Å². The predicted octanol–water partition coefficient (Wildman–Crippen LogP) is 4.86. The number of hydrogen-bond donors (Lipinski definition) is 0. The molecule has 2 aromatic rings. The summed E-state index contributed by atoms with van der Waals surface area (Å²) in [5.74, 6) is 1.21. The first kappa shape index (κ1) is 22.2. The third kappa shape index (κ3) is 6.49. The zero-order valence-electron chi connectivity index (χ0n) is 17.6. The molecule has 0 aromatic heterocycles. The first-order chi connectivity index (χ1) is 14.0. The summed E-state index contributed by atoms with van der Waals surface area (Å²) in [6, 6.07) is 12.3. The molecule has 2 rings (SSSR count). The third-order valence-electron chi connectivity index (χ3n) is 4.16. The van der Waals surface area contributed by atoms with Crippen molar-refractivity contribution < 1.29 is 19.1 Å². The minimum Gasteiger partial charge on any atom is -0.493 e. The van der Waals surface area contributed by atoms with E-state index in [2.05, 4.69) is 6.92 Å². The van der Waals surface area contributed by atoms with E-state index in [0.717, 1.165) is 24.2 Å². The molecule has 1 amide bonds. The number of amides is 1. The molecule has 5 heteroatoms. The van der Waals surface area contributed by atoms with Gasteiger partial charge in [0.1, 0.15) is 11.5 Å². The topological polar surface area (TPSA) is 55.8 Å². The van der Waals surface area contributed by atoms with Crippen molar-refractivity contribution in [2.24, 2.45) is 0 Å². The van der Waals surface area contributed by atoms with Gasteiger partial charge in [-0.25, -0.2) is 0 Å². The first-order valence-corrected chi connectivity index (χ1v) is 9.90. The SMILES string of the molecule is CCCOc1ccc(C=CC(=O)c2ccc(C(=O)N(C)C)cc2)c(OCCC)c1. The number of hydrogen-bond acceptors (Lipinski definition) is 4. The van der Waals surface area contributed by atoms with Gasteiger partial charge in [0, 0.05) is 36.9 Å². The fraction of sp³-hybridized carbons (Fsp3) is 0.333. The van der Waals surface area contributed by atoms with E-state index in [1.54, 1.807) is 44.4 Å². The molecule has 0 fully saturated rings. The van der Waals surface area contributed by atoms with E-state index in [1.807, 2.05) is 25.1 Å². The van der Waals surface area contributed by atoms with Crippen LogP contribution in [-0.2, 0) is 0 Å². The second kappa shape index (κ2) is 11.1. The van der Waals surface area contributed by atoms with Crippen molar-refractivity contribution in [2.75, 3.05) is 27.3 Å². The van der Waals surface area contributed by atoms with Gasteiger partial charge in [0.15, 0.2) is 5.78 Å². The van der Waals surface area contributed by atoms with Gasteiger partial charge in [-0.3, -0.25) is 9.59 Å². The second-order valence-electron chi connectivity index (χ2n) is 6.87. The monoisotopic (exact) mass is 395 g/mol. The van der Waals surface area contributed by atoms with Gasteiger partial charge in [-0.05, 0) is 49.3 Å². The zero-order chi connectivity index (χ0) is 21.2. The van der Waals surface area contributed by atoms with E-state index >= 15 is 0 Å². The molecule has 0 unspecified atom stereocenters. The first-order valence-electron chi connectivity index (χ1n) is 9.90. The Labute approximate surface area is 172 Å². The maximum atomic E-state index is 12.5. The van der Waals surface area contributed by atoms with Crippen molar-refractivity contribution in [1.29, 1.82) is 0 Å². The molecule has 0 atom stereocenters. The smallest absolute Gasteiger partial charge is 0.253 e. The van der Waals surface area contributed by atoms with Gasteiger partial charge < -0.3 is 14.4 Å². The molecule has 0 saturated carbocycles. The van der Waals surface area contributed by atoms with Crippen LogP contribution in [0.15, 0.2) is 48.5 Å². The number of carbonyl (C=O) groups excluding carboxylic acids is 2. The molecule has 2 aromatic carbocycles. The minimum absolute atomic E-state index is 0.0948. The van der Waals surface area contributed by atoms with Crippen LogP contribution in [0.4, 0.5) is 0 Å². The molecule has 29 heavy (non-hydrogen) atoms. The number of rotatable bonds is 10. The lowest BCUT2D eigenvalue weighted by Crippen LogP contribution is -2.21. The Hall–Kier alpha value is -3.08. The van der Waals surface area contributed by atoms with Gasteiger partial charge in [-0.1, -0.05) is 26.0 Å². The highest BCUT2D eigenvalue weighted by molar-refractivity contribution is 6.07. The largest absolute Gasteiger partial charge is 0.493 e. The maximum absolute atomic E-state index is 12.5. The van der Waals surface area contributed by atoms with Crippen molar-refractivity contribution in [1.82, 2.24) is 4.90 Å². The molecule has 0 spiro atoms. The Morgan fingerprint density at radius 3 is 2.14 bits per heavy atom. The van der Waals surface area contributed by atoms with Crippen molar-refractivity contribution in [2.45, 2.75) is 26.7 Å². The summed E-state index contributed by atoms with van der Waals surface area (Å²) < 4.78 is 11.5. The molecule has 0 radical (unpaired) electrons. The van der Waals surface area contributed by atoms with Gasteiger partial charge in [0.25, 0.3) is 5.91 Å². The van der Waals surface area contributed by atoms with E-state index in [4.69, 9.17) is 9.47 Å². The van der Waals surface area contributed by atoms with Crippen LogP contribution in [0.1, 0.15) is 53.0 Å². The van der Waals surface area contributed by atoms with E-state index in [0.29, 0.717) is 30.1 Å². The molecule has 5 nitrogen and oxygen atoms in total. The Balaban J connectivity index is 2.16. The van der Waals surface area contributed by atoms with Crippen LogP contribution in [0.25, 0.3) is 6.08 Å². The summed E-state index contributed by atoms with van der Waals surface area (Å²) >= 11 is 0. The van der Waals surface area contributed by atoms with Crippen molar-refractivity contribution in [3.05, 3.63) is 65.2 Å². The van der Waals surface area contributed by atoms with Gasteiger partial charge in [0.2, 0.25) is 0 Å². The quantitative estimate of drug-likeness (QED) is 0.426. The van der Waals surface area contributed by atoms with Gasteiger partial charge in [0.05, 0.1) is 13.2 Å². The molecule has 0 aliphatic heterocycles. The van der Waals surface area contributed by atoms with E-state index in [1.165, 1.54) is 11.0 Å². The average molecular weight is 395 g/mol. The van der Waals surface area contributed by atoms with Gasteiger partial charge >= 0.3 is 0 Å². The fourth-order valence-corrected chi connectivity index (χ4v) is 2.60. The number of ether oxygens (including phenoxy) is 2. The number of ketones is 1. The van der Waals surface area contributed by atoms with Crippen LogP contribution in [0.3, 0.4) is 0 Å². The summed E-state index contributed by atoms with van der Waals surface area (Å²) in [5.41, 5.74) is 1.89. The molecule has 0 saturated heterocycles. The van der Waals surface area contributed by atoms with Crippen LogP contribution in [-0.4, -0.2) is 43.9 Å². The van der Waals surface area contributed by atoms with Crippen LogP contribution in [0, 0.1) is 0 Å². The molecule has 0 aliphatic carbocycles. The number of carbonyl (C=O) groups is 2. The van der Waals surface area contributed by atoms with E-state index in [-0.39, 0.29) is 11.7 Å². The molecule has 154 valence electrons. The molecular weight excluding hydrogens is 366 g/mol. The average Bonchev–Trinajstić information content (AvgIpc) is 2.74. The second-order valence-corrected chi connectivity index (χ2v) is 6.87. The Morgan fingerprint density at radius 1 is 0.897 bits per heavy atom. The standard InChI is InChI=1S/C24H29NO4/c1-5-15-28-21-13-11-19(23(17-21)29-16-6-2)12-14-22(26)18-7-9-20(10-8-18)24(27)25(3)4/h7-14,17H,5-6,15-16H2,1-4H3. The lowest BCUT2D eigenvalue weighted by atomic mass is 10.1. The maximum Gasteiger partial charge on any atom is 0.253 e. The lowest BCUT2D eigenvalue weighted by Gasteiger charge is -2.11. The van der Waals surface area contributed by atoms with E-state index in [9.17, 15) is 9.59 Å². The van der Waals surface area contributed by atoms with Crippen LogP contribution in [0.2, 0.25) is 0 Å². The summed E-state index contributed by atoms with van der Waals surface area (Å²) in [6.07, 6.45) is 5.08.